The van der Waals surface area contributed by atoms with Crippen LogP contribution in [0.1, 0.15) is 11.1 Å². The first-order valence-electron chi connectivity index (χ1n) is 7.83. The van der Waals surface area contributed by atoms with E-state index in [4.69, 9.17) is 0 Å². The largest absolute Gasteiger partial charge is 0.480 e. The van der Waals surface area contributed by atoms with Crippen LogP contribution in [0.4, 0.5) is 5.69 Å². The smallest absolute Gasteiger partial charge is 0.341 e. The van der Waals surface area contributed by atoms with Gasteiger partial charge in [-0.05, 0) is 19.1 Å². The molecule has 2 aromatic carbocycles. The lowest BCUT2D eigenvalue weighted by Gasteiger charge is -2.35. The van der Waals surface area contributed by atoms with Gasteiger partial charge in [0.1, 0.15) is 5.57 Å². The average molecular weight is 352 g/mol. The molecule has 0 amide bonds. The van der Waals surface area contributed by atoms with E-state index in [0.29, 0.717) is 11.3 Å². The number of carboxylic acid groups (broad SMARTS) is 2. The third-order valence-corrected chi connectivity index (χ3v) is 4.03. The zero-order chi connectivity index (χ0) is 18.8. The summed E-state index contributed by atoms with van der Waals surface area (Å²) in [4.78, 5) is 35.8. The molecular formula is C19H16N2O5. The van der Waals surface area contributed by atoms with Gasteiger partial charge in [-0.15, -0.1) is 0 Å². The Labute approximate surface area is 149 Å². The third-order valence-electron chi connectivity index (χ3n) is 4.03. The molecule has 1 aliphatic rings. The molecule has 0 radical (unpaired) electrons. The Morgan fingerprint density at radius 3 is 2.15 bits per heavy atom. The van der Waals surface area contributed by atoms with Crippen molar-refractivity contribution in [2.24, 2.45) is 0 Å². The number of ketones is 1. The van der Waals surface area contributed by atoms with E-state index < -0.39 is 29.3 Å². The van der Waals surface area contributed by atoms with Gasteiger partial charge in [-0.3, -0.25) is 9.80 Å². The molecular weight excluding hydrogens is 336 g/mol. The number of nitrogens with one attached hydrogen (secondary N) is 1. The summed E-state index contributed by atoms with van der Waals surface area (Å²) in [5.41, 5.74) is 4.16. The van der Waals surface area contributed by atoms with Crippen molar-refractivity contribution < 1.29 is 24.6 Å². The maximum atomic E-state index is 12.5. The van der Waals surface area contributed by atoms with Crippen LogP contribution in [0.5, 0.6) is 0 Å². The highest BCUT2D eigenvalue weighted by Crippen LogP contribution is 2.32. The fraction of sp³-hybridized carbons (Fsp3) is 0.105. The lowest BCUT2D eigenvalue weighted by molar-refractivity contribution is -0.143. The van der Waals surface area contributed by atoms with E-state index in [2.05, 4.69) is 5.43 Å². The van der Waals surface area contributed by atoms with Gasteiger partial charge >= 0.3 is 11.9 Å². The lowest BCUT2D eigenvalue weighted by Crippen LogP contribution is -2.57. The quantitative estimate of drug-likeness (QED) is 0.569. The molecule has 1 heterocycles. The van der Waals surface area contributed by atoms with Gasteiger partial charge in [0.05, 0.1) is 11.4 Å². The summed E-state index contributed by atoms with van der Waals surface area (Å²) in [6.07, 6.45) is 0. The molecule has 1 unspecified atom stereocenters. The van der Waals surface area contributed by atoms with E-state index in [1.165, 1.54) is 5.01 Å². The van der Waals surface area contributed by atoms with Gasteiger partial charge in [0.2, 0.25) is 5.78 Å². The summed E-state index contributed by atoms with van der Waals surface area (Å²) in [6.45, 7) is 1.90. The van der Waals surface area contributed by atoms with Crippen molar-refractivity contribution in [2.75, 3.05) is 5.01 Å². The highest BCUT2D eigenvalue weighted by molar-refractivity contribution is 6.30. The van der Waals surface area contributed by atoms with E-state index in [0.717, 1.165) is 5.56 Å². The summed E-state index contributed by atoms with van der Waals surface area (Å²) in [6, 6.07) is 13.9. The number of aryl methyl sites for hydroxylation is 1. The molecule has 1 aliphatic heterocycles. The Morgan fingerprint density at radius 2 is 1.62 bits per heavy atom. The maximum Gasteiger partial charge on any atom is 0.341 e. The van der Waals surface area contributed by atoms with Crippen molar-refractivity contribution in [1.82, 2.24) is 5.43 Å². The first kappa shape index (κ1) is 17.4. The van der Waals surface area contributed by atoms with Gasteiger partial charge < -0.3 is 10.2 Å². The van der Waals surface area contributed by atoms with Gasteiger partial charge in [-0.1, -0.05) is 48.0 Å². The summed E-state index contributed by atoms with van der Waals surface area (Å²) in [5, 5.41) is 20.3. The predicted molar refractivity (Wildman–Crippen MR) is 94.2 cm³/mol. The Bertz CT molecular complexity index is 903. The maximum absolute atomic E-state index is 12.5. The molecule has 0 aromatic heterocycles. The fourth-order valence-corrected chi connectivity index (χ4v) is 2.77. The molecule has 0 aliphatic carbocycles. The van der Waals surface area contributed by atoms with Crippen LogP contribution in [0.3, 0.4) is 0 Å². The predicted octanol–water partition coefficient (Wildman–Crippen LogP) is 1.84. The highest BCUT2D eigenvalue weighted by Gasteiger charge is 2.42. The van der Waals surface area contributed by atoms with Gasteiger partial charge in [0, 0.05) is 5.56 Å². The Kier molecular flexibility index (Phi) is 4.55. The first-order chi connectivity index (χ1) is 12.4. The Morgan fingerprint density at radius 1 is 1.00 bits per heavy atom. The summed E-state index contributed by atoms with van der Waals surface area (Å²) in [5.74, 6) is -3.91. The van der Waals surface area contributed by atoms with E-state index in [9.17, 15) is 24.6 Å². The number of Topliss-reactive ketones (excluding diaryl/α,β-unsaturated/α-hetero) is 1. The molecule has 132 valence electrons. The van der Waals surface area contributed by atoms with E-state index in [1.807, 2.05) is 19.1 Å². The van der Waals surface area contributed by atoms with Crippen molar-refractivity contribution in [3.63, 3.8) is 0 Å². The number of hydrazine groups is 1. The van der Waals surface area contributed by atoms with Crippen LogP contribution in [-0.2, 0) is 14.4 Å². The third kappa shape index (κ3) is 3.07. The van der Waals surface area contributed by atoms with Crippen LogP contribution in [0.25, 0.3) is 5.70 Å². The second kappa shape index (κ2) is 6.81. The SMILES string of the molecule is Cc1ccc(N2NC(C(=O)O)C(=O)C(C(=O)O)=C2c2ccccc2)cc1. The van der Waals surface area contributed by atoms with E-state index in [-0.39, 0.29) is 5.70 Å². The van der Waals surface area contributed by atoms with Crippen LogP contribution in [0, 0.1) is 6.92 Å². The second-order valence-electron chi connectivity index (χ2n) is 5.83. The summed E-state index contributed by atoms with van der Waals surface area (Å²) in [7, 11) is 0. The number of carbonyl (C=O) groups is 3. The molecule has 0 saturated carbocycles. The standard InChI is InChI=1S/C19H16N2O5/c1-11-7-9-13(10-8-11)21-16(12-5-3-2-4-6-12)14(18(23)24)17(22)15(20-21)19(25)26/h2-10,15,20H,1H3,(H,23,24)(H,25,26). The molecule has 0 saturated heterocycles. The summed E-state index contributed by atoms with van der Waals surface area (Å²) >= 11 is 0. The van der Waals surface area contributed by atoms with Gasteiger partial charge in [0.25, 0.3) is 0 Å². The molecule has 0 bridgehead atoms. The normalized spacial score (nSPS) is 17.3. The van der Waals surface area contributed by atoms with Crippen molar-refractivity contribution in [1.29, 1.82) is 0 Å². The number of rotatable bonds is 4. The number of nitrogens with zero attached hydrogens (tertiary/aromatic N) is 1. The second-order valence-corrected chi connectivity index (χ2v) is 5.83. The lowest BCUT2D eigenvalue weighted by atomic mass is 9.95. The van der Waals surface area contributed by atoms with Crippen LogP contribution in [0.2, 0.25) is 0 Å². The van der Waals surface area contributed by atoms with Crippen molar-refractivity contribution in [3.05, 3.63) is 71.3 Å². The van der Waals surface area contributed by atoms with Gasteiger partial charge in [-0.2, -0.15) is 0 Å². The number of carboxylic acids is 2. The monoisotopic (exact) mass is 352 g/mol. The van der Waals surface area contributed by atoms with Crippen LogP contribution < -0.4 is 10.4 Å². The Hall–Kier alpha value is -3.45. The number of aliphatic carboxylic acids is 2. The Balaban J connectivity index is 2.27. The average Bonchev–Trinajstić information content (AvgIpc) is 2.62. The molecule has 7 heteroatoms. The number of carbonyl (C=O) groups excluding carboxylic acids is 1. The molecule has 1 atom stereocenters. The molecule has 0 fully saturated rings. The van der Waals surface area contributed by atoms with Crippen molar-refractivity contribution in [2.45, 2.75) is 13.0 Å². The molecule has 26 heavy (non-hydrogen) atoms. The van der Waals surface area contributed by atoms with Crippen LogP contribution >= 0.6 is 0 Å². The fourth-order valence-electron chi connectivity index (χ4n) is 2.77. The minimum absolute atomic E-state index is 0.101. The molecule has 3 rings (SSSR count). The topological polar surface area (TPSA) is 107 Å². The molecule has 3 N–H and O–H groups in total. The number of benzene rings is 2. The minimum atomic E-state index is -1.69. The summed E-state index contributed by atoms with van der Waals surface area (Å²) < 4.78 is 0. The van der Waals surface area contributed by atoms with E-state index >= 15 is 0 Å². The van der Waals surface area contributed by atoms with Crippen LogP contribution in [-0.4, -0.2) is 34.0 Å². The minimum Gasteiger partial charge on any atom is -0.480 e. The van der Waals surface area contributed by atoms with Gasteiger partial charge in [-0.25, -0.2) is 15.0 Å². The molecule has 2 aromatic rings. The van der Waals surface area contributed by atoms with Gasteiger partial charge in [0.15, 0.2) is 6.04 Å². The van der Waals surface area contributed by atoms with Crippen LogP contribution in [0.15, 0.2) is 60.2 Å². The highest BCUT2D eigenvalue weighted by atomic mass is 16.4. The zero-order valence-corrected chi connectivity index (χ0v) is 13.8. The van der Waals surface area contributed by atoms with Crippen molar-refractivity contribution >= 4 is 29.1 Å². The number of hydrogen-bond acceptors (Lipinski definition) is 5. The molecule has 7 nitrogen and oxygen atoms in total. The zero-order valence-electron chi connectivity index (χ0n) is 13.8. The number of anilines is 1. The van der Waals surface area contributed by atoms with Crippen molar-refractivity contribution in [3.8, 4) is 0 Å². The number of hydrogen-bond donors (Lipinski definition) is 3. The van der Waals surface area contributed by atoms with E-state index in [1.54, 1.807) is 42.5 Å². The first-order valence-corrected chi connectivity index (χ1v) is 7.83. The molecule has 0 spiro atoms.